The van der Waals surface area contributed by atoms with Crippen molar-refractivity contribution in [1.82, 2.24) is 44.9 Å². The molecule has 2 aliphatic heterocycles. The first kappa shape index (κ1) is 33.4. The Morgan fingerprint density at radius 3 is 2.49 bits per heavy atom. The van der Waals surface area contributed by atoms with Crippen LogP contribution in [-0.2, 0) is 16.0 Å². The highest BCUT2D eigenvalue weighted by molar-refractivity contribution is 6.32. The summed E-state index contributed by atoms with van der Waals surface area (Å²) in [4.78, 5) is 11.2. The van der Waals surface area contributed by atoms with Crippen molar-refractivity contribution in [1.29, 1.82) is 0 Å². The maximum atomic E-state index is 13.1. The highest BCUT2D eigenvalue weighted by Crippen LogP contribution is 2.55. The summed E-state index contributed by atoms with van der Waals surface area (Å²) >= 11 is 6.39. The van der Waals surface area contributed by atoms with E-state index in [1.54, 1.807) is 40.1 Å². The van der Waals surface area contributed by atoms with Gasteiger partial charge in [0, 0.05) is 31.0 Å². The number of anilines is 2. The number of hydrogen-bond donors (Lipinski definition) is 1. The first-order chi connectivity index (χ1) is 23.3. The number of benzene rings is 1. The van der Waals surface area contributed by atoms with Gasteiger partial charge in [0.2, 0.25) is 5.95 Å². The fourth-order valence-electron chi connectivity index (χ4n) is 6.47. The van der Waals surface area contributed by atoms with Crippen LogP contribution < -0.4 is 14.8 Å². The Kier molecular flexibility index (Phi) is 8.87. The van der Waals surface area contributed by atoms with Crippen LogP contribution in [0.3, 0.4) is 0 Å². The Labute approximate surface area is 284 Å². The van der Waals surface area contributed by atoms with Crippen LogP contribution in [0.15, 0.2) is 43.1 Å². The van der Waals surface area contributed by atoms with Crippen LogP contribution in [0.1, 0.15) is 39.7 Å². The van der Waals surface area contributed by atoms with Gasteiger partial charge in [-0.25, -0.2) is 14.6 Å². The first-order valence-corrected chi connectivity index (χ1v) is 16.3. The van der Waals surface area contributed by atoms with E-state index in [4.69, 9.17) is 30.5 Å². The molecule has 3 fully saturated rings. The summed E-state index contributed by atoms with van der Waals surface area (Å²) in [5, 5.41) is 18.9. The van der Waals surface area contributed by atoms with E-state index in [0.29, 0.717) is 36.1 Å². The van der Waals surface area contributed by atoms with E-state index >= 15 is 0 Å². The molecule has 5 heterocycles. The Balaban J connectivity index is 0.994. The van der Waals surface area contributed by atoms with Gasteiger partial charge in [0.05, 0.1) is 43.1 Å². The second kappa shape index (κ2) is 13.0. The summed E-state index contributed by atoms with van der Waals surface area (Å²) in [6.45, 7) is 7.75. The number of ether oxygens (including phenoxy) is 4. The molecule has 1 atom stereocenters. The quantitative estimate of drug-likeness (QED) is 0.227. The van der Waals surface area contributed by atoms with Gasteiger partial charge in [-0.2, -0.15) is 13.2 Å². The molecule has 14 nitrogen and oxygen atoms in total. The lowest BCUT2D eigenvalue weighted by atomic mass is 9.60. The molecule has 1 unspecified atom stereocenters. The SMILES string of the molecule is CC(Cn1cnnn1)Oc1cc(-c2cnc(Nc3cn(C4CC5(C4)CN(C4COC(C)(C)OC4)C5)nc3OCC(F)(F)F)nc2)ccc1Cl. The van der Waals surface area contributed by atoms with Gasteiger partial charge in [0.25, 0.3) is 5.88 Å². The molecule has 262 valence electrons. The van der Waals surface area contributed by atoms with E-state index in [1.165, 1.54) is 6.33 Å². The Bertz CT molecular complexity index is 1730. The third kappa shape index (κ3) is 7.74. The summed E-state index contributed by atoms with van der Waals surface area (Å²) in [5.41, 5.74) is 1.82. The Morgan fingerprint density at radius 2 is 1.82 bits per heavy atom. The monoisotopic (exact) mass is 704 g/mol. The van der Waals surface area contributed by atoms with Gasteiger partial charge < -0.3 is 24.3 Å². The minimum Gasteiger partial charge on any atom is -0.487 e. The number of halogens is 4. The molecule has 0 amide bonds. The molecule has 1 aromatic carbocycles. The summed E-state index contributed by atoms with van der Waals surface area (Å²) in [5.74, 6) is -0.0931. The largest absolute Gasteiger partial charge is 0.487 e. The number of aromatic nitrogens is 8. The van der Waals surface area contributed by atoms with Crippen LogP contribution in [0.4, 0.5) is 24.8 Å². The van der Waals surface area contributed by atoms with Crippen molar-refractivity contribution in [3.63, 3.8) is 0 Å². The molecule has 1 aliphatic carbocycles. The molecule has 3 aliphatic rings. The van der Waals surface area contributed by atoms with Gasteiger partial charge in [-0.1, -0.05) is 17.7 Å². The highest BCUT2D eigenvalue weighted by Gasteiger charge is 2.55. The van der Waals surface area contributed by atoms with Crippen molar-refractivity contribution < 1.29 is 32.1 Å². The predicted molar refractivity (Wildman–Crippen MR) is 169 cm³/mol. The van der Waals surface area contributed by atoms with E-state index in [-0.39, 0.29) is 41.1 Å². The predicted octanol–water partition coefficient (Wildman–Crippen LogP) is 4.92. The molecule has 2 saturated heterocycles. The molecule has 49 heavy (non-hydrogen) atoms. The number of likely N-dealkylation sites (tertiary alicyclic amines) is 1. The van der Waals surface area contributed by atoms with Crippen molar-refractivity contribution >= 4 is 23.2 Å². The van der Waals surface area contributed by atoms with Crippen LogP contribution >= 0.6 is 11.6 Å². The van der Waals surface area contributed by atoms with Crippen molar-refractivity contribution in [2.45, 2.75) is 70.3 Å². The zero-order valence-corrected chi connectivity index (χ0v) is 27.9. The number of rotatable bonds is 11. The van der Waals surface area contributed by atoms with Gasteiger partial charge >= 0.3 is 6.18 Å². The highest BCUT2D eigenvalue weighted by atomic mass is 35.5. The van der Waals surface area contributed by atoms with Gasteiger partial charge in [-0.05, 0) is 67.2 Å². The number of nitrogens with one attached hydrogen (secondary N) is 1. The lowest BCUT2D eigenvalue weighted by Crippen LogP contribution is -2.67. The van der Waals surface area contributed by atoms with Gasteiger partial charge in [0.15, 0.2) is 12.4 Å². The molecule has 7 rings (SSSR count). The normalized spacial score (nSPS) is 20.1. The average Bonchev–Trinajstić information content (AvgIpc) is 3.66. The molecular formula is C31H36ClF3N10O4. The molecule has 1 saturated carbocycles. The fraction of sp³-hybridized carbons (Fsp3) is 0.548. The zero-order valence-electron chi connectivity index (χ0n) is 27.1. The number of tetrazole rings is 1. The lowest BCUT2D eigenvalue weighted by molar-refractivity contribution is -0.276. The van der Waals surface area contributed by atoms with Crippen LogP contribution in [0, 0.1) is 5.41 Å². The van der Waals surface area contributed by atoms with E-state index in [0.717, 1.165) is 31.5 Å². The standard InChI is InChI=1S/C31H36ClF3N10O4/c1-19(11-44-18-38-41-42-44)49-26-6-20(4-5-24(26)32)21-9-36-28(37-10-21)39-25-12-45(40-27(25)46-17-31(33,34)35)22-7-30(8-22)15-43(16-30)23-13-47-29(2,3)48-14-23/h4-6,9-10,12,18-19,22-23H,7-8,11,13-17H2,1-3H3,(H,36,37,39). The Morgan fingerprint density at radius 1 is 1.08 bits per heavy atom. The number of hydrogen-bond acceptors (Lipinski definition) is 12. The van der Waals surface area contributed by atoms with Crippen LogP contribution in [0.25, 0.3) is 11.1 Å². The summed E-state index contributed by atoms with van der Waals surface area (Å²) in [6.07, 6.45) is 3.25. The molecule has 0 radical (unpaired) electrons. The van der Waals surface area contributed by atoms with Gasteiger partial charge in [-0.3, -0.25) is 9.58 Å². The zero-order chi connectivity index (χ0) is 34.4. The summed E-state index contributed by atoms with van der Waals surface area (Å²) in [7, 11) is 0. The Hall–Kier alpha value is -4.06. The minimum atomic E-state index is -4.52. The van der Waals surface area contributed by atoms with E-state index < -0.39 is 18.6 Å². The number of alkyl halides is 3. The molecule has 3 aromatic heterocycles. The maximum Gasteiger partial charge on any atom is 0.422 e. The van der Waals surface area contributed by atoms with Crippen molar-refractivity contribution in [2.24, 2.45) is 5.41 Å². The second-order valence-corrected chi connectivity index (χ2v) is 13.8. The van der Waals surface area contributed by atoms with Gasteiger partial charge in [0.1, 0.15) is 23.9 Å². The van der Waals surface area contributed by atoms with E-state index in [9.17, 15) is 13.2 Å². The third-order valence-corrected chi connectivity index (χ3v) is 9.26. The molecule has 4 aromatic rings. The molecule has 18 heteroatoms. The van der Waals surface area contributed by atoms with Gasteiger partial charge in [-0.15, -0.1) is 10.2 Å². The third-order valence-electron chi connectivity index (χ3n) is 8.95. The fourth-order valence-corrected chi connectivity index (χ4v) is 6.64. The van der Waals surface area contributed by atoms with Crippen molar-refractivity contribution in [3.8, 4) is 22.8 Å². The molecular weight excluding hydrogens is 669 g/mol. The molecule has 0 bridgehead atoms. The summed E-state index contributed by atoms with van der Waals surface area (Å²) < 4.78 is 65.3. The lowest BCUT2D eigenvalue weighted by Gasteiger charge is -2.61. The van der Waals surface area contributed by atoms with Crippen molar-refractivity contribution in [3.05, 3.63) is 48.1 Å². The summed E-state index contributed by atoms with van der Waals surface area (Å²) in [6, 6.07) is 5.56. The van der Waals surface area contributed by atoms with E-state index in [2.05, 4.69) is 40.8 Å². The smallest absolute Gasteiger partial charge is 0.422 e. The first-order valence-electron chi connectivity index (χ1n) is 15.9. The number of nitrogens with zero attached hydrogens (tertiary/aromatic N) is 9. The molecule has 1 N–H and O–H groups in total. The average molecular weight is 705 g/mol. The minimum absolute atomic E-state index is 0.0314. The molecule has 1 spiro atoms. The van der Waals surface area contributed by atoms with Crippen LogP contribution in [-0.4, -0.2) is 102 Å². The second-order valence-electron chi connectivity index (χ2n) is 13.4. The topological polar surface area (TPSA) is 139 Å². The maximum absolute atomic E-state index is 13.1. The van der Waals surface area contributed by atoms with Crippen LogP contribution in [0.2, 0.25) is 5.02 Å². The van der Waals surface area contributed by atoms with E-state index in [1.807, 2.05) is 26.8 Å². The van der Waals surface area contributed by atoms with Crippen molar-refractivity contribution in [2.75, 3.05) is 38.2 Å². The van der Waals surface area contributed by atoms with Crippen LogP contribution in [0.5, 0.6) is 11.6 Å².